The third-order valence-electron chi connectivity index (χ3n) is 5.07. The predicted molar refractivity (Wildman–Crippen MR) is 115 cm³/mol. The Kier molecular flexibility index (Phi) is 11.4. The number of ether oxygens (including phenoxy) is 2. The third-order valence-corrected chi connectivity index (χ3v) is 5.85. The Bertz CT molecular complexity index is 644. The second kappa shape index (κ2) is 13.8. The van der Waals surface area contributed by atoms with Gasteiger partial charge >= 0.3 is 0 Å². The van der Waals surface area contributed by atoms with Crippen LogP contribution in [-0.2, 0) is 14.3 Å². The lowest BCUT2D eigenvalue weighted by molar-refractivity contribution is -0.126. The van der Waals surface area contributed by atoms with Gasteiger partial charge in [0, 0.05) is 18.8 Å². The van der Waals surface area contributed by atoms with Crippen LogP contribution in [0.5, 0.6) is 0 Å². The fourth-order valence-corrected chi connectivity index (χ4v) is 4.10. The lowest BCUT2D eigenvalue weighted by atomic mass is 9.96. The van der Waals surface area contributed by atoms with Crippen molar-refractivity contribution in [3.8, 4) is 0 Å². The van der Waals surface area contributed by atoms with Crippen molar-refractivity contribution in [3.63, 3.8) is 0 Å². The molecule has 9 heteroatoms. The molecule has 1 atom stereocenters. The maximum absolute atomic E-state index is 13.0. The Balaban J connectivity index is 1.90. The molecule has 0 aliphatic heterocycles. The number of aromatic nitrogens is 2. The highest BCUT2D eigenvalue weighted by molar-refractivity contribution is 7.99. The number of hydrogen-bond acceptors (Lipinski definition) is 8. The molecule has 1 aliphatic rings. The van der Waals surface area contributed by atoms with Crippen LogP contribution in [0.25, 0.3) is 0 Å². The fourth-order valence-electron chi connectivity index (χ4n) is 3.48. The molecule has 1 fully saturated rings. The van der Waals surface area contributed by atoms with E-state index in [9.17, 15) is 9.59 Å². The van der Waals surface area contributed by atoms with Gasteiger partial charge in [0.1, 0.15) is 0 Å². The van der Waals surface area contributed by atoms with Crippen molar-refractivity contribution in [1.29, 1.82) is 0 Å². The number of Topliss-reactive ketones (excluding diaryl/α,β-unsaturated/α-hetero) is 1. The second-order valence-corrected chi connectivity index (χ2v) is 9.12. The number of hydrogen-bond donors (Lipinski definition) is 1. The van der Waals surface area contributed by atoms with Crippen LogP contribution in [0.2, 0.25) is 0 Å². The van der Waals surface area contributed by atoms with Crippen LogP contribution in [0.15, 0.2) is 9.64 Å². The summed E-state index contributed by atoms with van der Waals surface area (Å²) in [5.74, 6) is 0.466. The maximum Gasteiger partial charge on any atom is 0.286 e. The van der Waals surface area contributed by atoms with Gasteiger partial charge in [0.15, 0.2) is 0 Å². The van der Waals surface area contributed by atoms with Gasteiger partial charge in [-0.05, 0) is 25.2 Å². The van der Waals surface area contributed by atoms with Crippen molar-refractivity contribution in [2.75, 3.05) is 32.7 Å². The van der Waals surface area contributed by atoms with E-state index >= 15 is 0 Å². The second-order valence-electron chi connectivity index (χ2n) is 8.07. The van der Waals surface area contributed by atoms with Crippen LogP contribution >= 0.6 is 11.8 Å². The minimum atomic E-state index is -0.642. The zero-order valence-corrected chi connectivity index (χ0v) is 19.2. The molecular weight excluding hydrogens is 406 g/mol. The van der Waals surface area contributed by atoms with Crippen molar-refractivity contribution in [2.24, 2.45) is 11.8 Å². The molecule has 0 unspecified atom stereocenters. The van der Waals surface area contributed by atoms with Gasteiger partial charge in [0.05, 0.1) is 25.9 Å². The van der Waals surface area contributed by atoms with Gasteiger partial charge in [-0.15, -0.1) is 10.2 Å². The quantitative estimate of drug-likeness (QED) is 0.215. The Morgan fingerprint density at radius 2 is 1.87 bits per heavy atom. The monoisotopic (exact) mass is 441 g/mol. The zero-order valence-electron chi connectivity index (χ0n) is 18.4. The highest BCUT2D eigenvalue weighted by Crippen LogP contribution is 2.24. The van der Waals surface area contributed by atoms with E-state index in [2.05, 4.69) is 15.5 Å². The van der Waals surface area contributed by atoms with Crippen LogP contribution in [0, 0.1) is 11.8 Å². The van der Waals surface area contributed by atoms with E-state index in [1.165, 1.54) is 24.6 Å². The lowest BCUT2D eigenvalue weighted by Gasteiger charge is -2.21. The minimum Gasteiger partial charge on any atom is -0.408 e. The Hall–Kier alpha value is -1.45. The van der Waals surface area contributed by atoms with Crippen LogP contribution in [0.3, 0.4) is 0 Å². The summed E-state index contributed by atoms with van der Waals surface area (Å²) < 4.78 is 15.9. The molecule has 0 bridgehead atoms. The van der Waals surface area contributed by atoms with E-state index in [0.717, 1.165) is 25.7 Å². The number of nitrogens with zero attached hydrogens (tertiary/aromatic N) is 2. The van der Waals surface area contributed by atoms with Gasteiger partial charge in [0.25, 0.3) is 11.1 Å². The molecule has 0 spiro atoms. The van der Waals surface area contributed by atoms with Crippen molar-refractivity contribution in [3.05, 3.63) is 5.89 Å². The summed E-state index contributed by atoms with van der Waals surface area (Å²) in [6.45, 7) is 5.65. The highest BCUT2D eigenvalue weighted by Gasteiger charge is 2.30. The molecule has 1 aromatic rings. The van der Waals surface area contributed by atoms with Gasteiger partial charge in [-0.1, -0.05) is 51.3 Å². The first-order valence-corrected chi connectivity index (χ1v) is 11.9. The molecule has 1 amide bonds. The first-order valence-electron chi connectivity index (χ1n) is 10.9. The molecular formula is C21H35N3O5S. The van der Waals surface area contributed by atoms with Gasteiger partial charge in [-0.2, -0.15) is 0 Å². The van der Waals surface area contributed by atoms with E-state index in [-0.39, 0.29) is 29.4 Å². The highest BCUT2D eigenvalue weighted by atomic mass is 32.2. The van der Waals surface area contributed by atoms with E-state index < -0.39 is 6.04 Å². The Labute approximate surface area is 183 Å². The van der Waals surface area contributed by atoms with E-state index in [0.29, 0.717) is 37.2 Å². The van der Waals surface area contributed by atoms with Crippen LogP contribution in [-0.4, -0.2) is 60.6 Å². The maximum atomic E-state index is 13.0. The van der Waals surface area contributed by atoms with Crippen molar-refractivity contribution < 1.29 is 23.5 Å². The number of carbonyl (C=O) groups is 2. The number of nitrogens with one attached hydrogen (secondary N) is 1. The lowest BCUT2D eigenvalue weighted by Crippen LogP contribution is -2.44. The van der Waals surface area contributed by atoms with Crippen LogP contribution < -0.4 is 5.32 Å². The Morgan fingerprint density at radius 3 is 2.53 bits per heavy atom. The minimum absolute atomic E-state index is 0.0122. The molecule has 0 aromatic carbocycles. The zero-order chi connectivity index (χ0) is 21.8. The van der Waals surface area contributed by atoms with E-state index in [1.54, 1.807) is 7.11 Å². The van der Waals surface area contributed by atoms with Gasteiger partial charge in [0.2, 0.25) is 11.7 Å². The molecule has 30 heavy (non-hydrogen) atoms. The molecule has 1 aromatic heterocycles. The number of rotatable bonds is 13. The van der Waals surface area contributed by atoms with Crippen molar-refractivity contribution in [2.45, 2.75) is 70.1 Å². The summed E-state index contributed by atoms with van der Waals surface area (Å²) in [5, 5.41) is 11.2. The molecule has 1 aliphatic carbocycles. The standard InChI is InChI=1S/C21H35N3O5S/c1-15(2)14-17(22-19(26)16-8-6-4-5-7-9-16)18(25)20-23-24-21(29-20)30-13-12-28-11-10-27-3/h15-17H,4-14H2,1-3H3,(H,22,26)/t17-/m0/s1. The molecule has 0 radical (unpaired) electrons. The SMILES string of the molecule is COCCOCCSc1nnc(C(=O)[C@H](CC(C)C)NC(=O)C2CCCCCC2)o1. The largest absolute Gasteiger partial charge is 0.408 e. The molecule has 1 saturated carbocycles. The fraction of sp³-hybridized carbons (Fsp3) is 0.810. The summed E-state index contributed by atoms with van der Waals surface area (Å²) in [6, 6.07) is -0.642. The van der Waals surface area contributed by atoms with E-state index in [1.807, 2.05) is 13.8 Å². The number of thioether (sulfide) groups is 1. The van der Waals surface area contributed by atoms with Gasteiger partial charge < -0.3 is 19.2 Å². The molecule has 1 heterocycles. The summed E-state index contributed by atoms with van der Waals surface area (Å²) in [5.41, 5.74) is 0. The summed E-state index contributed by atoms with van der Waals surface area (Å²) >= 11 is 1.34. The summed E-state index contributed by atoms with van der Waals surface area (Å²) in [4.78, 5) is 25.7. The first-order chi connectivity index (χ1) is 14.5. The summed E-state index contributed by atoms with van der Waals surface area (Å²) in [6.07, 6.45) is 6.82. The van der Waals surface area contributed by atoms with Crippen LogP contribution in [0.4, 0.5) is 0 Å². The van der Waals surface area contributed by atoms with Crippen molar-refractivity contribution in [1.82, 2.24) is 15.5 Å². The average Bonchev–Trinajstić information content (AvgIpc) is 3.01. The van der Waals surface area contributed by atoms with Gasteiger partial charge in [-0.3, -0.25) is 9.59 Å². The predicted octanol–water partition coefficient (Wildman–Crippen LogP) is 3.51. The molecule has 170 valence electrons. The summed E-state index contributed by atoms with van der Waals surface area (Å²) in [7, 11) is 1.63. The third kappa shape index (κ3) is 8.73. The molecule has 1 N–H and O–H groups in total. The number of amides is 1. The van der Waals surface area contributed by atoms with E-state index in [4.69, 9.17) is 13.9 Å². The normalized spacial score (nSPS) is 16.4. The Morgan fingerprint density at radius 1 is 1.13 bits per heavy atom. The average molecular weight is 442 g/mol. The van der Waals surface area contributed by atoms with Crippen molar-refractivity contribution >= 4 is 23.5 Å². The number of methoxy groups -OCH3 is 1. The topological polar surface area (TPSA) is 104 Å². The number of ketones is 1. The molecule has 8 nitrogen and oxygen atoms in total. The number of carbonyl (C=O) groups excluding carboxylic acids is 2. The van der Waals surface area contributed by atoms with Gasteiger partial charge in [-0.25, -0.2) is 0 Å². The molecule has 0 saturated heterocycles. The first kappa shape index (κ1) is 24.8. The smallest absolute Gasteiger partial charge is 0.286 e. The van der Waals surface area contributed by atoms with Crippen LogP contribution in [0.1, 0.15) is 69.5 Å². The molecule has 2 rings (SSSR count).